The van der Waals surface area contributed by atoms with E-state index in [2.05, 4.69) is 16.1 Å². The molecule has 2 aliphatic heterocycles. The van der Waals surface area contributed by atoms with Crippen molar-refractivity contribution in [2.24, 2.45) is 0 Å². The van der Waals surface area contributed by atoms with Crippen LogP contribution in [0, 0.1) is 0 Å². The van der Waals surface area contributed by atoms with Crippen LogP contribution in [0.4, 0.5) is 5.69 Å². The zero-order valence-electron chi connectivity index (χ0n) is 23.9. The molecule has 5 rings (SSSR count). The Balaban J connectivity index is 1.44. The van der Waals surface area contributed by atoms with E-state index in [1.54, 1.807) is 6.07 Å². The van der Waals surface area contributed by atoms with Crippen molar-refractivity contribution in [2.45, 2.75) is 37.4 Å². The lowest BCUT2D eigenvalue weighted by Crippen LogP contribution is -2.68. The van der Waals surface area contributed by atoms with Crippen LogP contribution in [0.25, 0.3) is 0 Å². The van der Waals surface area contributed by atoms with Crippen molar-refractivity contribution in [3.05, 3.63) is 99.5 Å². The molecule has 0 radical (unpaired) electrons. The molecule has 2 heterocycles. The molecule has 3 aromatic rings. The van der Waals surface area contributed by atoms with Crippen molar-refractivity contribution in [1.82, 2.24) is 25.0 Å². The van der Waals surface area contributed by atoms with Crippen LogP contribution >= 0.6 is 23.2 Å². The van der Waals surface area contributed by atoms with Crippen LogP contribution < -0.4 is 20.1 Å². The number of likely N-dealkylation sites (N-methyl/N-ethyl adjacent to an activating group) is 1. The fourth-order valence-corrected chi connectivity index (χ4v) is 7.88. The zero-order valence-corrected chi connectivity index (χ0v) is 26.3. The van der Waals surface area contributed by atoms with Crippen LogP contribution in [0.3, 0.4) is 0 Å². The summed E-state index contributed by atoms with van der Waals surface area (Å²) in [5, 5.41) is 7.75. The van der Waals surface area contributed by atoms with Gasteiger partial charge in [-0.3, -0.25) is 4.79 Å². The van der Waals surface area contributed by atoms with Gasteiger partial charge in [0.1, 0.15) is 12.6 Å². The number of piperidine rings is 1. The molecule has 3 aromatic carbocycles. The Morgan fingerprint density at radius 2 is 1.69 bits per heavy atom. The first kappa shape index (κ1) is 30.9. The largest absolute Gasteiger partial charge is 0.321 e. The molecule has 1 spiro atoms. The van der Waals surface area contributed by atoms with Crippen molar-refractivity contribution in [3.63, 3.8) is 0 Å². The van der Waals surface area contributed by atoms with E-state index in [4.69, 9.17) is 23.2 Å². The number of sulfonamides is 1. The second-order valence-electron chi connectivity index (χ2n) is 11.5. The van der Waals surface area contributed by atoms with E-state index in [1.807, 2.05) is 78.7 Å². The quantitative estimate of drug-likeness (QED) is 0.291. The second kappa shape index (κ2) is 12.6. The number of para-hydroxylation sites is 1. The van der Waals surface area contributed by atoms with Crippen LogP contribution in [0.2, 0.25) is 10.0 Å². The molecule has 11 heteroatoms. The van der Waals surface area contributed by atoms with Gasteiger partial charge in [-0.2, -0.15) is 13.8 Å². The average Bonchev–Trinajstić information content (AvgIpc) is 3.23. The van der Waals surface area contributed by atoms with Gasteiger partial charge in [-0.15, -0.1) is 0 Å². The molecular weight excluding hydrogens is 593 g/mol. The highest BCUT2D eigenvalue weighted by Gasteiger charge is 2.60. The summed E-state index contributed by atoms with van der Waals surface area (Å²) in [4.78, 5) is 16.2. The van der Waals surface area contributed by atoms with Crippen LogP contribution in [-0.2, 0) is 33.3 Å². The summed E-state index contributed by atoms with van der Waals surface area (Å²) in [5.41, 5.74) is 6.31. The van der Waals surface area contributed by atoms with Crippen molar-refractivity contribution < 1.29 is 13.2 Å². The minimum atomic E-state index is -3.82. The van der Waals surface area contributed by atoms with Gasteiger partial charge in [0, 0.05) is 31.3 Å². The number of hydrogen-bond acceptors (Lipinski definition) is 6. The highest BCUT2D eigenvalue weighted by molar-refractivity contribution is 7.90. The lowest BCUT2D eigenvalue weighted by molar-refractivity contribution is -0.126. The summed E-state index contributed by atoms with van der Waals surface area (Å²) >= 11 is 12.3. The predicted molar refractivity (Wildman–Crippen MR) is 170 cm³/mol. The van der Waals surface area contributed by atoms with Crippen molar-refractivity contribution in [3.8, 4) is 0 Å². The van der Waals surface area contributed by atoms with Gasteiger partial charge in [0.15, 0.2) is 5.69 Å². The summed E-state index contributed by atoms with van der Waals surface area (Å²) in [6, 6.07) is 22.3. The molecule has 1 amide bonds. The van der Waals surface area contributed by atoms with E-state index >= 15 is 0 Å². The predicted octanol–water partition coefficient (Wildman–Crippen LogP) is 4.22. The number of nitrogens with zero attached hydrogens (tertiary/aromatic N) is 2. The number of carbonyl (C=O) groups excluding carboxylic acids is 1. The number of carbonyl (C=O) groups is 1. The number of amides is 1. The minimum Gasteiger partial charge on any atom is -0.317 e. The Kier molecular flexibility index (Phi) is 9.30. The molecule has 2 unspecified atom stereocenters. The summed E-state index contributed by atoms with van der Waals surface area (Å²) < 4.78 is 26.8. The van der Waals surface area contributed by atoms with Crippen LogP contribution in [-0.4, -0.2) is 64.7 Å². The normalized spacial score (nSPS) is 20.4. The first-order chi connectivity index (χ1) is 20.0. The van der Waals surface area contributed by atoms with Gasteiger partial charge in [-0.25, -0.2) is 0 Å². The van der Waals surface area contributed by atoms with Gasteiger partial charge in [-0.05, 0) is 56.2 Å². The topological polar surface area (TPSA) is 90.5 Å². The fourth-order valence-electron chi connectivity index (χ4n) is 6.30. The van der Waals surface area contributed by atoms with Gasteiger partial charge >= 0.3 is 10.0 Å². The smallest absolute Gasteiger partial charge is 0.317 e. The number of halogens is 2. The molecule has 0 aromatic heterocycles. The van der Waals surface area contributed by atoms with E-state index in [-0.39, 0.29) is 17.9 Å². The molecule has 8 nitrogen and oxygen atoms in total. The number of hydrogen-bond donors (Lipinski definition) is 3. The van der Waals surface area contributed by atoms with Gasteiger partial charge in [-0.1, -0.05) is 81.8 Å². The summed E-state index contributed by atoms with van der Waals surface area (Å²) in [7, 11) is -1.90. The highest BCUT2D eigenvalue weighted by Crippen LogP contribution is 2.50. The summed E-state index contributed by atoms with van der Waals surface area (Å²) in [5.74, 6) is -0.377. The Bertz CT molecular complexity index is 1530. The maximum Gasteiger partial charge on any atom is 0.321 e. The van der Waals surface area contributed by atoms with E-state index in [0.717, 1.165) is 42.6 Å². The lowest BCUT2D eigenvalue weighted by Gasteiger charge is -2.37. The maximum atomic E-state index is 14.2. The van der Waals surface area contributed by atoms with E-state index in [0.29, 0.717) is 35.4 Å². The van der Waals surface area contributed by atoms with E-state index in [1.165, 1.54) is 6.26 Å². The van der Waals surface area contributed by atoms with Gasteiger partial charge in [0.05, 0.1) is 21.7 Å². The first-order valence-corrected chi connectivity index (χ1v) is 16.7. The van der Waals surface area contributed by atoms with E-state index in [9.17, 15) is 13.2 Å². The molecule has 0 saturated carbocycles. The zero-order chi connectivity index (χ0) is 30.0. The van der Waals surface area contributed by atoms with Crippen LogP contribution in [0.1, 0.15) is 29.5 Å². The van der Waals surface area contributed by atoms with Crippen LogP contribution in [0.5, 0.6) is 0 Å². The van der Waals surface area contributed by atoms with Crippen LogP contribution in [0.15, 0.2) is 72.8 Å². The summed E-state index contributed by atoms with van der Waals surface area (Å²) in [6.45, 7) is 3.17. The molecule has 3 N–H and O–H groups in total. The Hall–Kier alpha value is -2.50. The number of nitrogens with one attached hydrogen (secondary N) is 3. The average molecular weight is 632 g/mol. The van der Waals surface area contributed by atoms with Crippen molar-refractivity contribution in [2.75, 3.05) is 39.5 Å². The number of rotatable bonds is 10. The minimum absolute atomic E-state index is 0.267. The molecule has 2 atom stereocenters. The fraction of sp³-hybridized carbons (Fsp3) is 0.387. The highest BCUT2D eigenvalue weighted by atomic mass is 35.5. The van der Waals surface area contributed by atoms with Gasteiger partial charge < -0.3 is 15.5 Å². The molecular formula is C31H38Cl2N5O3S+. The number of benzene rings is 3. The van der Waals surface area contributed by atoms with Crippen molar-refractivity contribution in [1.29, 1.82) is 0 Å². The molecule has 1 saturated heterocycles. The van der Waals surface area contributed by atoms with Gasteiger partial charge in [0.25, 0.3) is 5.91 Å². The molecule has 0 bridgehead atoms. The second-order valence-corrected chi connectivity index (χ2v) is 14.4. The third-order valence-electron chi connectivity index (χ3n) is 8.45. The monoisotopic (exact) mass is 630 g/mol. The Labute approximate surface area is 258 Å². The lowest BCUT2D eigenvalue weighted by atomic mass is 9.75. The third kappa shape index (κ3) is 6.38. The Morgan fingerprint density at radius 3 is 2.38 bits per heavy atom. The molecule has 42 heavy (non-hydrogen) atoms. The number of fused-ring (bicyclic) bond motifs is 2. The Morgan fingerprint density at radius 1 is 1.00 bits per heavy atom. The number of quaternary nitrogens is 1. The standard InChI is InChI=1S/C31H37Cl2N5O3S/c1-37(20-24-12-13-26(32)27(33)18-24)21-28(35-19-23-8-4-3-5-9-23)30(39)36-38(42(2,40)41)22-31(14-16-34-17-15-31)25-10-6-7-11-29(25)38/h3-13,18,28,34-35H,14-17,19-22H2,1-2H3/p+1. The van der Waals surface area contributed by atoms with E-state index < -0.39 is 20.1 Å². The third-order valence-corrected chi connectivity index (χ3v) is 10.7. The first-order valence-electron chi connectivity index (χ1n) is 14.1. The molecule has 2 aliphatic rings. The molecule has 224 valence electrons. The maximum absolute atomic E-state index is 14.2. The summed E-state index contributed by atoms with van der Waals surface area (Å²) in [6.07, 6.45) is 2.82. The van der Waals surface area contributed by atoms with Gasteiger partial charge in [0.2, 0.25) is 0 Å². The molecule has 1 fully saturated rings. The molecule has 0 aliphatic carbocycles. The SMILES string of the molecule is CN(Cc1ccc(Cl)c(Cl)c1)CC(NCc1ccccc1)C(=O)N[N+]1(S(C)(=O)=O)CC2(CCNCC2)c2ccccc21. The van der Waals surface area contributed by atoms with Crippen molar-refractivity contribution >= 4 is 44.8 Å².